The van der Waals surface area contributed by atoms with Crippen LogP contribution in [0.3, 0.4) is 0 Å². The number of rotatable bonds is 4. The van der Waals surface area contributed by atoms with Crippen molar-refractivity contribution in [3.63, 3.8) is 0 Å². The highest BCUT2D eigenvalue weighted by molar-refractivity contribution is 5.66. The van der Waals surface area contributed by atoms with Gasteiger partial charge in [0, 0.05) is 13.3 Å². The molecule has 0 N–H and O–H groups in total. The molecular weight excluding hydrogens is 140 g/mol. The van der Waals surface area contributed by atoms with Gasteiger partial charge >= 0.3 is 5.97 Å². The molecule has 0 aromatic heterocycles. The average Bonchev–Trinajstić information content (AvgIpc) is 1.86. The third kappa shape index (κ3) is 6.84. The van der Waals surface area contributed by atoms with E-state index in [1.807, 2.05) is 19.1 Å². The van der Waals surface area contributed by atoms with Gasteiger partial charge in [-0.1, -0.05) is 24.8 Å². The molecule has 0 aliphatic carbocycles. The molecule has 11 heavy (non-hydrogen) atoms. The molecule has 0 bridgehead atoms. The van der Waals surface area contributed by atoms with E-state index in [1.54, 1.807) is 6.08 Å². The van der Waals surface area contributed by atoms with E-state index in [1.165, 1.54) is 6.92 Å². The van der Waals surface area contributed by atoms with Crippen LogP contribution in [0.5, 0.6) is 0 Å². The number of carbonyl (C=O) groups excluding carboxylic acids is 1. The topological polar surface area (TPSA) is 26.3 Å². The maximum atomic E-state index is 10.4. The lowest BCUT2D eigenvalue weighted by molar-refractivity contribution is -0.145. The highest BCUT2D eigenvalue weighted by atomic mass is 16.5. The summed E-state index contributed by atoms with van der Waals surface area (Å²) in [7, 11) is 0. The van der Waals surface area contributed by atoms with Crippen molar-refractivity contribution < 1.29 is 9.53 Å². The first-order chi connectivity index (χ1) is 5.16. The lowest BCUT2D eigenvalue weighted by atomic mass is 10.2. The minimum Gasteiger partial charge on any atom is -0.463 e. The van der Waals surface area contributed by atoms with Crippen LogP contribution in [0.2, 0.25) is 0 Å². The molecule has 0 aromatic carbocycles. The predicted octanol–water partition coefficient (Wildman–Crippen LogP) is 2.07. The zero-order chi connectivity index (χ0) is 8.69. The van der Waals surface area contributed by atoms with Crippen LogP contribution in [0.25, 0.3) is 0 Å². The van der Waals surface area contributed by atoms with E-state index < -0.39 is 0 Å². The van der Waals surface area contributed by atoms with Gasteiger partial charge in [-0.2, -0.15) is 0 Å². The van der Waals surface area contributed by atoms with E-state index in [2.05, 4.69) is 6.58 Å². The Bertz CT molecular complexity index is 159. The second kappa shape index (κ2) is 5.71. The third-order valence-electron chi connectivity index (χ3n) is 1.11. The van der Waals surface area contributed by atoms with Crippen LogP contribution in [0, 0.1) is 0 Å². The van der Waals surface area contributed by atoms with Gasteiger partial charge in [-0.3, -0.25) is 4.79 Å². The third-order valence-corrected chi connectivity index (χ3v) is 1.11. The molecule has 0 spiro atoms. The first kappa shape index (κ1) is 9.95. The van der Waals surface area contributed by atoms with E-state index in [0.29, 0.717) is 0 Å². The van der Waals surface area contributed by atoms with Crippen LogP contribution in [0.1, 0.15) is 20.3 Å². The molecular formula is C9H14O2. The molecule has 1 unspecified atom stereocenters. The minimum atomic E-state index is -0.232. The SMILES string of the molecule is C=C/C=C/CC(C)OC(C)=O. The summed E-state index contributed by atoms with van der Waals surface area (Å²) in [6, 6.07) is 0. The number of esters is 1. The van der Waals surface area contributed by atoms with Crippen molar-refractivity contribution in [2.75, 3.05) is 0 Å². The van der Waals surface area contributed by atoms with Crippen molar-refractivity contribution >= 4 is 5.97 Å². The fourth-order valence-electron chi connectivity index (χ4n) is 0.698. The summed E-state index contributed by atoms with van der Waals surface area (Å²) in [5, 5.41) is 0. The molecule has 62 valence electrons. The Morgan fingerprint density at radius 2 is 2.36 bits per heavy atom. The minimum absolute atomic E-state index is 0.0382. The molecule has 0 heterocycles. The van der Waals surface area contributed by atoms with E-state index in [-0.39, 0.29) is 12.1 Å². The molecule has 1 atom stereocenters. The fourth-order valence-corrected chi connectivity index (χ4v) is 0.698. The van der Waals surface area contributed by atoms with Gasteiger partial charge < -0.3 is 4.74 Å². The monoisotopic (exact) mass is 154 g/mol. The normalized spacial score (nSPS) is 12.9. The highest BCUT2D eigenvalue weighted by Gasteiger charge is 2.00. The van der Waals surface area contributed by atoms with Crippen LogP contribution in [0.4, 0.5) is 0 Å². The molecule has 0 aliphatic heterocycles. The van der Waals surface area contributed by atoms with Crippen molar-refractivity contribution in [2.24, 2.45) is 0 Å². The maximum absolute atomic E-state index is 10.4. The van der Waals surface area contributed by atoms with Gasteiger partial charge in [-0.15, -0.1) is 0 Å². The number of hydrogen-bond acceptors (Lipinski definition) is 2. The molecule has 0 saturated carbocycles. The Labute approximate surface area is 67.6 Å². The zero-order valence-corrected chi connectivity index (χ0v) is 7.04. The van der Waals surface area contributed by atoms with E-state index in [0.717, 1.165) is 6.42 Å². The van der Waals surface area contributed by atoms with Gasteiger partial charge in [-0.05, 0) is 6.92 Å². The lowest BCUT2D eigenvalue weighted by Crippen LogP contribution is -2.10. The van der Waals surface area contributed by atoms with Gasteiger partial charge in [0.2, 0.25) is 0 Å². The Hall–Kier alpha value is -1.05. The molecule has 0 rings (SSSR count). The van der Waals surface area contributed by atoms with Gasteiger partial charge in [0.25, 0.3) is 0 Å². The second-order valence-electron chi connectivity index (χ2n) is 2.32. The van der Waals surface area contributed by atoms with Gasteiger partial charge in [0.05, 0.1) is 0 Å². The summed E-state index contributed by atoms with van der Waals surface area (Å²) in [6.07, 6.45) is 6.15. The van der Waals surface area contributed by atoms with E-state index in [9.17, 15) is 4.79 Å². The summed E-state index contributed by atoms with van der Waals surface area (Å²) in [5.41, 5.74) is 0. The summed E-state index contributed by atoms with van der Waals surface area (Å²) in [4.78, 5) is 10.4. The van der Waals surface area contributed by atoms with Gasteiger partial charge in [-0.25, -0.2) is 0 Å². The largest absolute Gasteiger partial charge is 0.463 e. The molecule has 2 heteroatoms. The van der Waals surface area contributed by atoms with Gasteiger partial charge in [0.15, 0.2) is 0 Å². The van der Waals surface area contributed by atoms with Gasteiger partial charge in [0.1, 0.15) is 6.10 Å². The number of ether oxygens (including phenoxy) is 1. The Morgan fingerprint density at radius 1 is 1.73 bits per heavy atom. The quantitative estimate of drug-likeness (QED) is 0.457. The number of carbonyl (C=O) groups is 1. The summed E-state index contributed by atoms with van der Waals surface area (Å²) in [5.74, 6) is -0.232. The van der Waals surface area contributed by atoms with Crippen molar-refractivity contribution in [1.29, 1.82) is 0 Å². The second-order valence-corrected chi connectivity index (χ2v) is 2.32. The van der Waals surface area contributed by atoms with E-state index >= 15 is 0 Å². The summed E-state index contributed by atoms with van der Waals surface area (Å²) >= 11 is 0. The van der Waals surface area contributed by atoms with Crippen LogP contribution in [-0.2, 0) is 9.53 Å². The maximum Gasteiger partial charge on any atom is 0.302 e. The molecule has 0 saturated heterocycles. The Kier molecular flexibility index (Phi) is 5.17. The van der Waals surface area contributed by atoms with E-state index in [4.69, 9.17) is 4.74 Å². The smallest absolute Gasteiger partial charge is 0.302 e. The van der Waals surface area contributed by atoms with Crippen LogP contribution < -0.4 is 0 Å². The molecule has 2 nitrogen and oxygen atoms in total. The van der Waals surface area contributed by atoms with Crippen molar-refractivity contribution in [1.82, 2.24) is 0 Å². The average molecular weight is 154 g/mol. The van der Waals surface area contributed by atoms with Crippen molar-refractivity contribution in [3.8, 4) is 0 Å². The van der Waals surface area contributed by atoms with Crippen LogP contribution >= 0.6 is 0 Å². The Balaban J connectivity index is 3.51. The van der Waals surface area contributed by atoms with Crippen molar-refractivity contribution in [2.45, 2.75) is 26.4 Å². The highest BCUT2D eigenvalue weighted by Crippen LogP contribution is 1.98. The first-order valence-electron chi connectivity index (χ1n) is 3.61. The van der Waals surface area contributed by atoms with Crippen LogP contribution in [0.15, 0.2) is 24.8 Å². The molecule has 0 aliphatic rings. The lowest BCUT2D eigenvalue weighted by Gasteiger charge is -2.07. The number of allylic oxidation sites excluding steroid dienone is 2. The molecule has 0 radical (unpaired) electrons. The molecule has 0 fully saturated rings. The predicted molar refractivity (Wildman–Crippen MR) is 45.2 cm³/mol. The first-order valence-corrected chi connectivity index (χ1v) is 3.61. The van der Waals surface area contributed by atoms with Crippen LogP contribution in [-0.4, -0.2) is 12.1 Å². The fraction of sp³-hybridized carbons (Fsp3) is 0.444. The Morgan fingerprint density at radius 3 is 2.82 bits per heavy atom. The molecule has 0 aromatic rings. The zero-order valence-electron chi connectivity index (χ0n) is 7.04. The number of hydrogen-bond donors (Lipinski definition) is 0. The summed E-state index contributed by atoms with van der Waals surface area (Å²) < 4.78 is 4.87. The van der Waals surface area contributed by atoms with Crippen molar-refractivity contribution in [3.05, 3.63) is 24.8 Å². The standard InChI is InChI=1S/C9H14O2/c1-4-5-6-7-8(2)11-9(3)10/h4-6,8H,1,7H2,2-3H3/b6-5+. The molecule has 0 amide bonds. The summed E-state index contributed by atoms with van der Waals surface area (Å²) in [6.45, 7) is 6.79.